The van der Waals surface area contributed by atoms with E-state index in [0.717, 1.165) is 4.90 Å². The first-order valence-corrected chi connectivity index (χ1v) is 9.20. The van der Waals surface area contributed by atoms with E-state index in [-0.39, 0.29) is 16.8 Å². The summed E-state index contributed by atoms with van der Waals surface area (Å²) < 4.78 is 0. The van der Waals surface area contributed by atoms with Gasteiger partial charge in [0, 0.05) is 4.90 Å². The number of halogens is 1. The minimum absolute atomic E-state index is 0.139. The highest BCUT2D eigenvalue weighted by atomic mass is 35.5. The maximum atomic E-state index is 12.3. The Labute approximate surface area is 168 Å². The molecular weight excluding hydrogens is 402 g/mol. The summed E-state index contributed by atoms with van der Waals surface area (Å²) in [5, 5.41) is 9.28. The molecule has 1 aliphatic rings. The Morgan fingerprint density at radius 3 is 2.14 bits per heavy atom. The number of carbonyl (C=O) groups excluding carboxylic acids is 3. The Balaban J connectivity index is 1.47. The van der Waals surface area contributed by atoms with Crippen LogP contribution in [0.25, 0.3) is 0 Å². The van der Waals surface area contributed by atoms with Crippen LogP contribution in [-0.4, -0.2) is 33.0 Å². The lowest BCUT2D eigenvalue weighted by molar-refractivity contribution is -0.0589. The Kier molecular flexibility index (Phi) is 4.81. The molecule has 2 aromatic carbocycles. The maximum absolute atomic E-state index is 12.3. The van der Waals surface area contributed by atoms with E-state index in [2.05, 4.69) is 10.2 Å². The van der Waals surface area contributed by atoms with E-state index in [1.165, 1.54) is 30.0 Å². The van der Waals surface area contributed by atoms with Gasteiger partial charge in [0.25, 0.3) is 11.8 Å². The average molecular weight is 412 g/mol. The van der Waals surface area contributed by atoms with Crippen LogP contribution in [0.15, 0.2) is 70.6 Å². The molecule has 9 heteroatoms. The average Bonchev–Trinajstić information content (AvgIpc) is 2.95. The van der Waals surface area contributed by atoms with Crippen LogP contribution < -0.4 is 0 Å². The Morgan fingerprint density at radius 1 is 0.893 bits per heavy atom. The van der Waals surface area contributed by atoms with Crippen molar-refractivity contribution in [1.29, 1.82) is 0 Å². The number of benzene rings is 2. The SMILES string of the molecule is O=C(ON1C(=O)c2ccccc2C1=O)c1ccc(Sc2ccccc2Cl)nn1. The van der Waals surface area contributed by atoms with E-state index in [1.54, 1.807) is 24.3 Å². The zero-order valence-electron chi connectivity index (χ0n) is 14.0. The highest BCUT2D eigenvalue weighted by Gasteiger charge is 2.39. The number of imide groups is 1. The number of aromatic nitrogens is 2. The third kappa shape index (κ3) is 3.35. The molecule has 2 heterocycles. The summed E-state index contributed by atoms with van der Waals surface area (Å²) >= 11 is 7.39. The van der Waals surface area contributed by atoms with E-state index in [0.29, 0.717) is 15.1 Å². The van der Waals surface area contributed by atoms with Gasteiger partial charge in [-0.2, -0.15) is 0 Å². The van der Waals surface area contributed by atoms with E-state index >= 15 is 0 Å². The van der Waals surface area contributed by atoms with Crippen molar-refractivity contribution in [2.75, 3.05) is 0 Å². The summed E-state index contributed by atoms with van der Waals surface area (Å²) in [5.41, 5.74) is 0.218. The van der Waals surface area contributed by atoms with Gasteiger partial charge in [0.1, 0.15) is 5.03 Å². The van der Waals surface area contributed by atoms with Gasteiger partial charge in [-0.1, -0.05) is 52.7 Å². The van der Waals surface area contributed by atoms with Gasteiger partial charge in [-0.25, -0.2) is 4.79 Å². The zero-order chi connectivity index (χ0) is 19.7. The second-order valence-corrected chi connectivity index (χ2v) is 7.09. The molecule has 4 rings (SSSR count). The van der Waals surface area contributed by atoms with Crippen molar-refractivity contribution in [3.8, 4) is 0 Å². The molecule has 0 unspecified atom stereocenters. The zero-order valence-corrected chi connectivity index (χ0v) is 15.6. The van der Waals surface area contributed by atoms with Gasteiger partial charge in [0.2, 0.25) is 0 Å². The quantitative estimate of drug-likeness (QED) is 0.605. The first-order chi connectivity index (χ1) is 13.5. The normalized spacial score (nSPS) is 12.8. The van der Waals surface area contributed by atoms with Gasteiger partial charge >= 0.3 is 5.97 Å². The van der Waals surface area contributed by atoms with Gasteiger partial charge in [-0.05, 0) is 36.4 Å². The van der Waals surface area contributed by atoms with Crippen molar-refractivity contribution < 1.29 is 19.2 Å². The fourth-order valence-electron chi connectivity index (χ4n) is 2.50. The van der Waals surface area contributed by atoms with Gasteiger partial charge in [-0.3, -0.25) is 9.59 Å². The van der Waals surface area contributed by atoms with Crippen LogP contribution in [0, 0.1) is 0 Å². The highest BCUT2D eigenvalue weighted by molar-refractivity contribution is 7.99. The lowest BCUT2D eigenvalue weighted by Crippen LogP contribution is -2.33. The molecule has 1 aromatic heterocycles. The van der Waals surface area contributed by atoms with Crippen LogP contribution in [-0.2, 0) is 4.84 Å². The summed E-state index contributed by atoms with van der Waals surface area (Å²) in [6.07, 6.45) is 0. The topological polar surface area (TPSA) is 89.5 Å². The second kappa shape index (κ2) is 7.41. The summed E-state index contributed by atoms with van der Waals surface area (Å²) in [6.45, 7) is 0. The maximum Gasteiger partial charge on any atom is 0.384 e. The van der Waals surface area contributed by atoms with Gasteiger partial charge in [0.15, 0.2) is 5.69 Å². The first-order valence-electron chi connectivity index (χ1n) is 8.01. The summed E-state index contributed by atoms with van der Waals surface area (Å²) in [4.78, 5) is 42.5. The molecule has 0 radical (unpaired) electrons. The lowest BCUT2D eigenvalue weighted by Gasteiger charge is -2.12. The summed E-state index contributed by atoms with van der Waals surface area (Å²) in [7, 11) is 0. The summed E-state index contributed by atoms with van der Waals surface area (Å²) in [5.74, 6) is -2.36. The van der Waals surface area contributed by atoms with Crippen molar-refractivity contribution in [3.05, 3.63) is 82.5 Å². The van der Waals surface area contributed by atoms with Crippen LogP contribution >= 0.6 is 23.4 Å². The number of fused-ring (bicyclic) bond motifs is 1. The Hall–Kier alpha value is -3.23. The molecule has 0 spiro atoms. The van der Waals surface area contributed by atoms with Crippen LogP contribution in [0.2, 0.25) is 5.02 Å². The van der Waals surface area contributed by atoms with E-state index in [9.17, 15) is 14.4 Å². The molecule has 7 nitrogen and oxygen atoms in total. The van der Waals surface area contributed by atoms with Gasteiger partial charge in [0.05, 0.1) is 16.1 Å². The molecule has 1 aliphatic heterocycles. The number of carbonyl (C=O) groups is 3. The molecule has 3 aromatic rings. The third-order valence-corrected chi connectivity index (χ3v) is 5.28. The van der Waals surface area contributed by atoms with Crippen molar-refractivity contribution >= 4 is 41.1 Å². The largest absolute Gasteiger partial charge is 0.384 e. The Bertz CT molecular complexity index is 1070. The lowest BCUT2D eigenvalue weighted by atomic mass is 10.1. The number of amides is 2. The molecule has 0 aliphatic carbocycles. The number of rotatable bonds is 4. The molecule has 0 fully saturated rings. The highest BCUT2D eigenvalue weighted by Crippen LogP contribution is 2.31. The molecule has 138 valence electrons. The predicted molar refractivity (Wildman–Crippen MR) is 100.0 cm³/mol. The summed E-state index contributed by atoms with van der Waals surface area (Å²) in [6, 6.07) is 16.4. The van der Waals surface area contributed by atoms with Crippen LogP contribution in [0.3, 0.4) is 0 Å². The molecule has 0 bridgehead atoms. The molecule has 0 N–H and O–H groups in total. The van der Waals surface area contributed by atoms with Crippen molar-refractivity contribution in [2.45, 2.75) is 9.92 Å². The fraction of sp³-hybridized carbons (Fsp3) is 0. The third-order valence-electron chi connectivity index (χ3n) is 3.83. The molecular formula is C19H10ClN3O4S. The van der Waals surface area contributed by atoms with Gasteiger partial charge in [-0.15, -0.1) is 10.2 Å². The number of hydrogen-bond donors (Lipinski definition) is 0. The number of nitrogens with zero attached hydrogens (tertiary/aromatic N) is 3. The van der Waals surface area contributed by atoms with Crippen LogP contribution in [0.1, 0.15) is 31.2 Å². The van der Waals surface area contributed by atoms with Crippen LogP contribution in [0.4, 0.5) is 0 Å². The number of hydroxylamine groups is 2. The van der Waals surface area contributed by atoms with Crippen LogP contribution in [0.5, 0.6) is 0 Å². The van der Waals surface area contributed by atoms with E-state index in [1.807, 2.05) is 18.2 Å². The smallest absolute Gasteiger partial charge is 0.322 e. The van der Waals surface area contributed by atoms with Crippen molar-refractivity contribution in [3.63, 3.8) is 0 Å². The fourth-order valence-corrected chi connectivity index (χ4v) is 3.51. The molecule has 0 saturated heterocycles. The molecule has 0 atom stereocenters. The monoisotopic (exact) mass is 411 g/mol. The first kappa shape index (κ1) is 18.1. The van der Waals surface area contributed by atoms with Gasteiger partial charge < -0.3 is 4.84 Å². The molecule has 0 saturated carbocycles. The van der Waals surface area contributed by atoms with E-state index in [4.69, 9.17) is 16.4 Å². The molecule has 28 heavy (non-hydrogen) atoms. The minimum Gasteiger partial charge on any atom is -0.322 e. The minimum atomic E-state index is -0.962. The second-order valence-electron chi connectivity index (χ2n) is 5.62. The number of hydrogen-bond acceptors (Lipinski definition) is 7. The van der Waals surface area contributed by atoms with E-state index < -0.39 is 17.8 Å². The van der Waals surface area contributed by atoms with Crippen molar-refractivity contribution in [2.24, 2.45) is 0 Å². The molecule has 2 amide bonds. The predicted octanol–water partition coefficient (Wildman–Crippen LogP) is 3.65. The van der Waals surface area contributed by atoms with Crippen molar-refractivity contribution in [1.82, 2.24) is 15.3 Å². The standard InChI is InChI=1S/C19H10ClN3O4S/c20-13-7-3-4-8-15(13)28-16-10-9-14(21-22-16)19(26)27-23-17(24)11-5-1-2-6-12(11)18(23)25/h1-10H. The Morgan fingerprint density at radius 2 is 1.54 bits per heavy atom.